The smallest absolute Gasteiger partial charge is 0.230 e. The van der Waals surface area contributed by atoms with E-state index in [-0.39, 0.29) is 43.2 Å². The van der Waals surface area contributed by atoms with Gasteiger partial charge < -0.3 is 29.7 Å². The molecule has 3 saturated heterocycles. The zero-order valence-electron chi connectivity index (χ0n) is 25.2. The molecule has 2 atom stereocenters. The number of piperazine rings is 1. The van der Waals surface area contributed by atoms with Gasteiger partial charge in [0, 0.05) is 62.5 Å². The Balaban J connectivity index is 1.09. The number of halogens is 1. The zero-order valence-corrected chi connectivity index (χ0v) is 25.2. The highest BCUT2D eigenvalue weighted by Crippen LogP contribution is 2.30. The number of piperidine rings is 1. The van der Waals surface area contributed by atoms with Crippen molar-refractivity contribution < 1.29 is 23.8 Å². The fraction of sp³-hybridized carbons (Fsp3) is 0.469. The number of hydrogen-bond acceptors (Lipinski definition) is 11. The normalized spacial score (nSPS) is 20.8. The quantitative estimate of drug-likeness (QED) is 0.367. The molecule has 13 heteroatoms. The van der Waals surface area contributed by atoms with Crippen molar-refractivity contribution in [3.05, 3.63) is 53.9 Å². The van der Waals surface area contributed by atoms with E-state index in [0.29, 0.717) is 29.9 Å². The lowest BCUT2D eigenvalue weighted by molar-refractivity contribution is -0.135. The average molecular weight is 617 g/mol. The van der Waals surface area contributed by atoms with Gasteiger partial charge in [-0.2, -0.15) is 10.2 Å². The van der Waals surface area contributed by atoms with Crippen LogP contribution < -0.4 is 15.0 Å². The third-order valence-corrected chi connectivity index (χ3v) is 8.61. The maximum Gasteiger partial charge on any atom is 0.230 e. The van der Waals surface area contributed by atoms with Crippen molar-refractivity contribution in [2.24, 2.45) is 0 Å². The number of nitrogens with zero attached hydrogens (tertiary/aromatic N) is 7. The van der Waals surface area contributed by atoms with E-state index in [9.17, 15) is 14.4 Å². The number of carbonyl (C=O) groups excluding carboxylic acids is 1. The minimum absolute atomic E-state index is 0.0341. The summed E-state index contributed by atoms with van der Waals surface area (Å²) in [5.41, 5.74) is 4.03. The van der Waals surface area contributed by atoms with E-state index >= 15 is 0 Å². The van der Waals surface area contributed by atoms with E-state index in [1.165, 1.54) is 16.9 Å². The number of nitrogens with one attached hydrogen (secondary N) is 1. The van der Waals surface area contributed by atoms with Gasteiger partial charge in [0.25, 0.3) is 0 Å². The van der Waals surface area contributed by atoms with Gasteiger partial charge in [-0.15, -0.1) is 0 Å². The lowest BCUT2D eigenvalue weighted by atomic mass is 10.0. The number of hydrogen-bond donors (Lipinski definition) is 2. The Morgan fingerprint density at radius 1 is 1.16 bits per heavy atom. The Morgan fingerprint density at radius 3 is 2.67 bits per heavy atom. The molecular formula is C32H37FN8O4. The number of aryl methyl sites for hydroxylation is 1. The molecule has 6 rings (SSSR count). The molecule has 0 aliphatic carbocycles. The summed E-state index contributed by atoms with van der Waals surface area (Å²) < 4.78 is 26.1. The molecule has 236 valence electrons. The Kier molecular flexibility index (Phi) is 9.34. The van der Waals surface area contributed by atoms with Gasteiger partial charge in [0.15, 0.2) is 12.0 Å². The molecule has 3 aliphatic heterocycles. The molecule has 0 radical (unpaired) electrons. The molecule has 0 saturated carbocycles. The predicted octanol–water partition coefficient (Wildman–Crippen LogP) is 2.68. The van der Waals surface area contributed by atoms with Crippen molar-refractivity contribution in [1.29, 1.82) is 5.26 Å². The van der Waals surface area contributed by atoms with Crippen LogP contribution >= 0.6 is 0 Å². The summed E-state index contributed by atoms with van der Waals surface area (Å²) in [5.74, 6) is 0.705. The van der Waals surface area contributed by atoms with Crippen molar-refractivity contribution in [1.82, 2.24) is 24.8 Å². The van der Waals surface area contributed by atoms with Crippen LogP contribution in [0.25, 0.3) is 11.4 Å². The number of carbonyl (C=O) groups is 1. The second-order valence-corrected chi connectivity index (χ2v) is 11.6. The van der Waals surface area contributed by atoms with Gasteiger partial charge in [0.1, 0.15) is 24.3 Å². The highest BCUT2D eigenvalue weighted by atomic mass is 19.1. The van der Waals surface area contributed by atoms with E-state index in [1.54, 1.807) is 18.2 Å². The monoisotopic (exact) mass is 616 g/mol. The molecule has 2 N–H and O–H groups in total. The maximum absolute atomic E-state index is 14.9. The standard InChI is InChI=1S/C32H37FN8O4/c1-21-14-24(3-4-27(21)40-11-9-39(10-12-40)25-18-44-19-25)37-32-36-20-35-31(38-32)22-2-5-28(23(15-22)16-34)45-29-6-8-41(17-26(29)33)30(43)7-13-42/h2-5,14-15,20,25-26,29,42H,6-13,17-19H2,1H3,(H,35,36,37,38). The molecule has 1 amide bonds. The van der Waals surface area contributed by atoms with E-state index in [4.69, 9.17) is 14.6 Å². The molecule has 4 heterocycles. The van der Waals surface area contributed by atoms with Crippen LogP contribution in [0.4, 0.5) is 21.7 Å². The number of alkyl halides is 1. The third-order valence-electron chi connectivity index (χ3n) is 8.61. The second kappa shape index (κ2) is 13.7. The van der Waals surface area contributed by atoms with Crippen LogP contribution in [0.1, 0.15) is 24.0 Å². The molecule has 45 heavy (non-hydrogen) atoms. The first-order valence-electron chi connectivity index (χ1n) is 15.3. The summed E-state index contributed by atoms with van der Waals surface area (Å²) in [4.78, 5) is 31.5. The predicted molar refractivity (Wildman–Crippen MR) is 165 cm³/mol. The number of benzene rings is 2. The van der Waals surface area contributed by atoms with Crippen LogP contribution in [-0.4, -0.2) is 113 Å². The summed E-state index contributed by atoms with van der Waals surface area (Å²) in [5, 5.41) is 22.1. The fourth-order valence-corrected chi connectivity index (χ4v) is 5.99. The first kappa shape index (κ1) is 30.6. The Hall–Kier alpha value is -4.38. The molecule has 0 bridgehead atoms. The molecule has 2 aromatic carbocycles. The van der Waals surface area contributed by atoms with Gasteiger partial charge >= 0.3 is 0 Å². The van der Waals surface area contributed by atoms with Crippen LogP contribution in [0, 0.1) is 18.3 Å². The number of nitriles is 1. The third kappa shape index (κ3) is 6.98. The first-order valence-corrected chi connectivity index (χ1v) is 15.3. The summed E-state index contributed by atoms with van der Waals surface area (Å²) in [6, 6.07) is 13.9. The molecular weight excluding hydrogens is 579 g/mol. The Morgan fingerprint density at radius 2 is 1.98 bits per heavy atom. The SMILES string of the molecule is Cc1cc(Nc2ncnc(-c3ccc(OC4CCN(C(=O)CCO)CC4F)c(C#N)c3)n2)ccc1N1CCN(C2COC2)CC1. The topological polar surface area (TPSA) is 140 Å². The van der Waals surface area contributed by atoms with Crippen molar-refractivity contribution in [2.45, 2.75) is 38.1 Å². The summed E-state index contributed by atoms with van der Waals surface area (Å²) in [6.07, 6.45) is -0.556. The minimum Gasteiger partial charge on any atom is -0.486 e. The largest absolute Gasteiger partial charge is 0.486 e. The van der Waals surface area contributed by atoms with Crippen LogP contribution in [-0.2, 0) is 9.53 Å². The van der Waals surface area contributed by atoms with E-state index in [1.807, 2.05) is 6.07 Å². The summed E-state index contributed by atoms with van der Waals surface area (Å²) >= 11 is 0. The number of rotatable bonds is 9. The van der Waals surface area contributed by atoms with Gasteiger partial charge in [-0.25, -0.2) is 14.4 Å². The van der Waals surface area contributed by atoms with Gasteiger partial charge in [-0.1, -0.05) is 0 Å². The number of aromatic nitrogens is 3. The lowest BCUT2D eigenvalue weighted by Crippen LogP contribution is -2.56. The Bertz CT molecular complexity index is 1560. The molecule has 3 fully saturated rings. The number of amides is 1. The number of likely N-dealkylation sites (tertiary alicyclic amines) is 1. The van der Waals surface area contributed by atoms with Crippen molar-refractivity contribution >= 4 is 23.2 Å². The lowest BCUT2D eigenvalue weighted by Gasteiger charge is -2.43. The van der Waals surface area contributed by atoms with Crippen LogP contribution in [0.3, 0.4) is 0 Å². The van der Waals surface area contributed by atoms with Gasteiger partial charge in [-0.3, -0.25) is 9.69 Å². The molecule has 3 aliphatic rings. The Labute approximate surface area is 261 Å². The van der Waals surface area contributed by atoms with E-state index < -0.39 is 12.3 Å². The van der Waals surface area contributed by atoms with E-state index in [0.717, 1.165) is 50.6 Å². The average Bonchev–Trinajstić information content (AvgIpc) is 3.02. The highest BCUT2D eigenvalue weighted by Gasteiger charge is 2.33. The van der Waals surface area contributed by atoms with Crippen molar-refractivity contribution in [3.8, 4) is 23.2 Å². The van der Waals surface area contributed by atoms with Crippen LogP contribution in [0.15, 0.2) is 42.7 Å². The molecule has 3 aromatic rings. The van der Waals surface area contributed by atoms with Crippen LogP contribution in [0.5, 0.6) is 5.75 Å². The second-order valence-electron chi connectivity index (χ2n) is 11.6. The number of ether oxygens (including phenoxy) is 2. The van der Waals surface area contributed by atoms with Gasteiger partial charge in [0.05, 0.1) is 38.0 Å². The molecule has 12 nitrogen and oxygen atoms in total. The minimum atomic E-state index is -1.42. The van der Waals surface area contributed by atoms with Gasteiger partial charge in [-0.05, 0) is 48.9 Å². The molecule has 1 aromatic heterocycles. The van der Waals surface area contributed by atoms with Gasteiger partial charge in [0.2, 0.25) is 11.9 Å². The van der Waals surface area contributed by atoms with Crippen LogP contribution in [0.2, 0.25) is 0 Å². The first-order chi connectivity index (χ1) is 21.9. The zero-order chi connectivity index (χ0) is 31.3. The molecule has 2 unspecified atom stereocenters. The summed E-state index contributed by atoms with van der Waals surface area (Å²) in [6.45, 7) is 7.75. The molecule has 0 spiro atoms. The maximum atomic E-state index is 14.9. The number of aliphatic hydroxyl groups is 1. The number of aliphatic hydroxyl groups excluding tert-OH is 1. The van der Waals surface area contributed by atoms with Crippen molar-refractivity contribution in [2.75, 3.05) is 69.3 Å². The summed E-state index contributed by atoms with van der Waals surface area (Å²) in [7, 11) is 0. The van der Waals surface area contributed by atoms with Crippen molar-refractivity contribution in [3.63, 3.8) is 0 Å². The highest BCUT2D eigenvalue weighted by molar-refractivity contribution is 5.76. The number of anilines is 3. The fourth-order valence-electron chi connectivity index (χ4n) is 5.99. The van der Waals surface area contributed by atoms with E-state index in [2.05, 4.69) is 55.2 Å².